The smallest absolute Gasteiger partial charge is 0.116 e. The number of hydrogen-bond acceptors (Lipinski definition) is 1. The minimum Gasteiger partial charge on any atom is -0.304 e. The number of allylic oxidation sites excluding steroid dienone is 2. The Morgan fingerprint density at radius 3 is 2.53 bits per heavy atom. The number of fused-ring (bicyclic) bond motifs is 1. The summed E-state index contributed by atoms with van der Waals surface area (Å²) in [5.41, 5.74) is 2.34. The Labute approximate surface area is 107 Å². The summed E-state index contributed by atoms with van der Waals surface area (Å²) in [6.07, 6.45) is 8.84. The first-order chi connectivity index (χ1) is 7.94. The van der Waals surface area contributed by atoms with E-state index in [4.69, 9.17) is 4.79 Å². The van der Waals surface area contributed by atoms with Gasteiger partial charge in [0.1, 0.15) is 6.29 Å². The van der Waals surface area contributed by atoms with Crippen LogP contribution < -0.4 is 0 Å². The van der Waals surface area contributed by atoms with Crippen molar-refractivity contribution in [3.63, 3.8) is 0 Å². The molecule has 2 aliphatic carbocycles. The molecule has 1 heteroatoms. The van der Waals surface area contributed by atoms with Crippen LogP contribution in [0.3, 0.4) is 0 Å². The van der Waals surface area contributed by atoms with Crippen molar-refractivity contribution in [3.8, 4) is 0 Å². The van der Waals surface area contributed by atoms with Gasteiger partial charge >= 0.3 is 0 Å². The minimum atomic E-state index is 0.554. The number of carbonyl (C=O) groups excluding carboxylic acids is 1. The highest BCUT2D eigenvalue weighted by atomic mass is 16.1. The first-order valence-electron chi connectivity index (χ1n) is 7.02. The van der Waals surface area contributed by atoms with E-state index >= 15 is 0 Å². The highest BCUT2D eigenvalue weighted by Gasteiger charge is 2.41. The zero-order valence-corrected chi connectivity index (χ0v) is 12.1. The van der Waals surface area contributed by atoms with Gasteiger partial charge in [0, 0.05) is 0 Å². The number of rotatable bonds is 0. The Morgan fingerprint density at radius 2 is 1.94 bits per heavy atom. The number of aldehydes is 1. The van der Waals surface area contributed by atoms with Gasteiger partial charge in [0.25, 0.3) is 0 Å². The molecule has 0 unspecified atom stereocenters. The van der Waals surface area contributed by atoms with E-state index in [2.05, 4.69) is 33.8 Å². The lowest BCUT2D eigenvalue weighted by atomic mass is 9.57. The highest BCUT2D eigenvalue weighted by molar-refractivity contribution is 5.44. The van der Waals surface area contributed by atoms with Crippen LogP contribution in [0.15, 0.2) is 11.6 Å². The van der Waals surface area contributed by atoms with Gasteiger partial charge in [0.15, 0.2) is 0 Å². The summed E-state index contributed by atoms with van der Waals surface area (Å²) >= 11 is 0. The fourth-order valence-electron chi connectivity index (χ4n) is 3.72. The molecule has 0 aromatic heterocycles. The van der Waals surface area contributed by atoms with E-state index in [-0.39, 0.29) is 0 Å². The molecule has 1 fully saturated rings. The summed E-state index contributed by atoms with van der Waals surface area (Å²) in [4.78, 5) is 8.81. The van der Waals surface area contributed by atoms with Gasteiger partial charge in [-0.1, -0.05) is 39.3 Å². The summed E-state index contributed by atoms with van der Waals surface area (Å²) in [7, 11) is 0. The molecule has 2 rings (SSSR count). The summed E-state index contributed by atoms with van der Waals surface area (Å²) in [5, 5.41) is 0. The van der Waals surface area contributed by atoms with E-state index in [1.54, 1.807) is 5.57 Å². The molecule has 0 aliphatic heterocycles. The van der Waals surface area contributed by atoms with E-state index in [1.807, 2.05) is 0 Å². The summed E-state index contributed by atoms with van der Waals surface area (Å²) in [6.45, 7) is 11.3. The van der Waals surface area contributed by atoms with Gasteiger partial charge < -0.3 is 4.79 Å². The molecule has 0 aromatic carbocycles. The molecule has 0 amide bonds. The van der Waals surface area contributed by atoms with Crippen LogP contribution in [-0.2, 0) is 4.79 Å². The van der Waals surface area contributed by atoms with Crippen LogP contribution in [0.4, 0.5) is 0 Å². The molecule has 1 saturated carbocycles. The maximum atomic E-state index is 8.81. The quantitative estimate of drug-likeness (QED) is 0.443. The van der Waals surface area contributed by atoms with Gasteiger partial charge in [0.05, 0.1) is 0 Å². The Hall–Kier alpha value is -0.590. The maximum absolute atomic E-state index is 8.81. The van der Waals surface area contributed by atoms with Crippen molar-refractivity contribution in [3.05, 3.63) is 11.6 Å². The predicted molar refractivity (Wildman–Crippen MR) is 73.9 cm³/mol. The van der Waals surface area contributed by atoms with Crippen molar-refractivity contribution in [1.82, 2.24) is 0 Å². The zero-order chi connectivity index (χ0) is 13.1. The van der Waals surface area contributed by atoms with Crippen LogP contribution in [0, 0.1) is 23.2 Å². The lowest BCUT2D eigenvalue weighted by Crippen LogP contribution is -2.38. The number of carbonyl (C=O) groups is 1. The molecule has 17 heavy (non-hydrogen) atoms. The fraction of sp³-hybridized carbons (Fsp3) is 0.812. The Bertz CT molecular complexity index is 288. The molecule has 0 saturated heterocycles. The Morgan fingerprint density at radius 1 is 1.35 bits per heavy atom. The lowest BCUT2D eigenvalue weighted by molar-refractivity contribution is -0.106. The molecule has 2 aliphatic rings. The van der Waals surface area contributed by atoms with Crippen LogP contribution in [0.2, 0.25) is 0 Å². The number of hydrogen-bond donors (Lipinski definition) is 0. The van der Waals surface area contributed by atoms with Gasteiger partial charge in [-0.2, -0.15) is 0 Å². The first-order valence-corrected chi connectivity index (χ1v) is 7.02. The van der Waals surface area contributed by atoms with E-state index in [1.165, 1.54) is 32.6 Å². The molecule has 3 atom stereocenters. The standard InChI is InChI=1S/C14H24.C2H4O/c1-10-7-8-12-6-5-9-14(3,4)13(12)11(10)2;1-2-3/h8,10-11,13H,5-7,9H2,1-4H3;2H,1H3/t10-,11-,13+;/m0./s1. The van der Waals surface area contributed by atoms with Crippen molar-refractivity contribution in [2.24, 2.45) is 23.2 Å². The molecule has 0 aromatic rings. The van der Waals surface area contributed by atoms with Crippen molar-refractivity contribution in [1.29, 1.82) is 0 Å². The van der Waals surface area contributed by atoms with Crippen molar-refractivity contribution < 1.29 is 4.79 Å². The van der Waals surface area contributed by atoms with Gasteiger partial charge in [0.2, 0.25) is 0 Å². The summed E-state index contributed by atoms with van der Waals surface area (Å²) in [6, 6.07) is 0. The third-order valence-electron chi connectivity index (χ3n) is 4.70. The predicted octanol–water partition coefficient (Wildman–Crippen LogP) is 4.62. The maximum Gasteiger partial charge on any atom is 0.116 e. The summed E-state index contributed by atoms with van der Waals surface area (Å²) < 4.78 is 0. The average Bonchev–Trinajstić information content (AvgIpc) is 2.23. The monoisotopic (exact) mass is 236 g/mol. The minimum absolute atomic E-state index is 0.554. The summed E-state index contributed by atoms with van der Waals surface area (Å²) in [5.74, 6) is 2.66. The fourth-order valence-corrected chi connectivity index (χ4v) is 3.72. The molecule has 0 bridgehead atoms. The van der Waals surface area contributed by atoms with Gasteiger partial charge in [-0.3, -0.25) is 0 Å². The third-order valence-corrected chi connectivity index (χ3v) is 4.70. The SMILES string of the molecule is CC=O.C[C@H]1[C@@H](C)CC=C2CCCC(C)(C)[C@@H]21. The van der Waals surface area contributed by atoms with Crippen LogP contribution in [0.25, 0.3) is 0 Å². The van der Waals surface area contributed by atoms with E-state index in [0.717, 1.165) is 24.0 Å². The second kappa shape index (κ2) is 5.84. The van der Waals surface area contributed by atoms with Crippen LogP contribution >= 0.6 is 0 Å². The molecule has 0 radical (unpaired) electrons. The zero-order valence-electron chi connectivity index (χ0n) is 12.1. The molecule has 0 N–H and O–H groups in total. The molecule has 98 valence electrons. The van der Waals surface area contributed by atoms with Crippen LogP contribution in [-0.4, -0.2) is 6.29 Å². The largest absolute Gasteiger partial charge is 0.304 e. The van der Waals surface area contributed by atoms with E-state index in [9.17, 15) is 0 Å². The molecular formula is C16H28O. The van der Waals surface area contributed by atoms with Crippen molar-refractivity contribution >= 4 is 6.29 Å². The van der Waals surface area contributed by atoms with Crippen LogP contribution in [0.5, 0.6) is 0 Å². The van der Waals surface area contributed by atoms with Crippen molar-refractivity contribution in [2.75, 3.05) is 0 Å². The van der Waals surface area contributed by atoms with E-state index in [0.29, 0.717) is 5.41 Å². The molecule has 1 nitrogen and oxygen atoms in total. The lowest BCUT2D eigenvalue weighted by Gasteiger charge is -2.48. The molecule has 0 heterocycles. The second-order valence-corrected chi connectivity index (χ2v) is 6.41. The van der Waals surface area contributed by atoms with Gasteiger partial charge in [-0.25, -0.2) is 0 Å². The topological polar surface area (TPSA) is 17.1 Å². The van der Waals surface area contributed by atoms with Crippen molar-refractivity contribution in [2.45, 2.75) is 60.3 Å². The molecular weight excluding hydrogens is 208 g/mol. The van der Waals surface area contributed by atoms with Gasteiger partial charge in [-0.15, -0.1) is 0 Å². The van der Waals surface area contributed by atoms with Gasteiger partial charge in [-0.05, 0) is 55.8 Å². The average molecular weight is 236 g/mol. The second-order valence-electron chi connectivity index (χ2n) is 6.41. The first kappa shape index (κ1) is 14.5. The Balaban J connectivity index is 0.000000437. The van der Waals surface area contributed by atoms with Crippen LogP contribution in [0.1, 0.15) is 60.3 Å². The normalized spacial score (nSPS) is 34.9. The molecule has 0 spiro atoms. The Kier molecular flexibility index (Phi) is 4.97. The third kappa shape index (κ3) is 3.20. The highest BCUT2D eigenvalue weighted by Crippen LogP contribution is 2.51. The van der Waals surface area contributed by atoms with E-state index < -0.39 is 0 Å².